The van der Waals surface area contributed by atoms with Gasteiger partial charge in [-0.15, -0.1) is 0 Å². The lowest BCUT2D eigenvalue weighted by atomic mass is 10.1. The van der Waals surface area contributed by atoms with Crippen molar-refractivity contribution >= 4 is 11.5 Å². The quantitative estimate of drug-likeness (QED) is 0.716. The molecule has 0 saturated heterocycles. The fourth-order valence-electron chi connectivity index (χ4n) is 1.73. The Labute approximate surface area is 85.5 Å². The van der Waals surface area contributed by atoms with Crippen LogP contribution in [-0.2, 0) is 0 Å². The SMILES string of the molecule is CC[NH+](CC)c1ccccc1C(C)=O. The van der Waals surface area contributed by atoms with Crippen LogP contribution in [0.2, 0.25) is 0 Å². The largest absolute Gasteiger partial charge is 0.302 e. The number of quaternary nitrogens is 1. The van der Waals surface area contributed by atoms with E-state index in [4.69, 9.17) is 0 Å². The maximum absolute atomic E-state index is 11.4. The number of benzene rings is 1. The molecule has 0 bridgehead atoms. The number of rotatable bonds is 4. The van der Waals surface area contributed by atoms with Gasteiger partial charge in [0.25, 0.3) is 0 Å². The Bertz CT molecular complexity index is 316. The third-order valence-corrected chi connectivity index (χ3v) is 2.54. The number of nitrogens with one attached hydrogen (secondary N) is 1. The monoisotopic (exact) mass is 192 g/mol. The Morgan fingerprint density at radius 1 is 1.21 bits per heavy atom. The lowest BCUT2D eigenvalue weighted by Gasteiger charge is -2.16. The molecule has 0 saturated carbocycles. The van der Waals surface area contributed by atoms with Crippen molar-refractivity contribution in [1.29, 1.82) is 0 Å². The fourth-order valence-corrected chi connectivity index (χ4v) is 1.73. The lowest BCUT2D eigenvalue weighted by Crippen LogP contribution is -3.06. The van der Waals surface area contributed by atoms with Crippen LogP contribution in [0.1, 0.15) is 31.1 Å². The molecule has 0 unspecified atom stereocenters. The van der Waals surface area contributed by atoms with Crippen molar-refractivity contribution in [3.05, 3.63) is 29.8 Å². The third-order valence-electron chi connectivity index (χ3n) is 2.54. The van der Waals surface area contributed by atoms with Crippen molar-refractivity contribution in [1.82, 2.24) is 0 Å². The van der Waals surface area contributed by atoms with Crippen molar-refractivity contribution in [2.75, 3.05) is 13.1 Å². The van der Waals surface area contributed by atoms with E-state index in [9.17, 15) is 4.79 Å². The zero-order valence-corrected chi connectivity index (χ0v) is 9.13. The molecule has 76 valence electrons. The predicted molar refractivity (Wildman–Crippen MR) is 58.2 cm³/mol. The topological polar surface area (TPSA) is 21.5 Å². The van der Waals surface area contributed by atoms with Crippen LogP contribution in [0.4, 0.5) is 5.69 Å². The van der Waals surface area contributed by atoms with Gasteiger partial charge in [0.2, 0.25) is 0 Å². The summed E-state index contributed by atoms with van der Waals surface area (Å²) < 4.78 is 0. The van der Waals surface area contributed by atoms with Crippen molar-refractivity contribution in [2.45, 2.75) is 20.8 Å². The van der Waals surface area contributed by atoms with E-state index >= 15 is 0 Å². The van der Waals surface area contributed by atoms with E-state index in [-0.39, 0.29) is 5.78 Å². The van der Waals surface area contributed by atoms with Gasteiger partial charge in [0.15, 0.2) is 5.78 Å². The fraction of sp³-hybridized carbons (Fsp3) is 0.417. The lowest BCUT2D eigenvalue weighted by molar-refractivity contribution is -0.828. The minimum Gasteiger partial charge on any atom is -0.302 e. The second-order valence-electron chi connectivity index (χ2n) is 3.41. The molecule has 0 atom stereocenters. The molecule has 0 fully saturated rings. The Hall–Kier alpha value is -1.15. The highest BCUT2D eigenvalue weighted by Gasteiger charge is 2.14. The average Bonchev–Trinajstić information content (AvgIpc) is 2.20. The van der Waals surface area contributed by atoms with Gasteiger partial charge in [0.1, 0.15) is 5.69 Å². The molecular formula is C12H18NO+. The summed E-state index contributed by atoms with van der Waals surface area (Å²) in [4.78, 5) is 12.7. The van der Waals surface area contributed by atoms with E-state index in [1.54, 1.807) is 6.92 Å². The zero-order valence-electron chi connectivity index (χ0n) is 9.13. The third kappa shape index (κ3) is 2.20. The summed E-state index contributed by atoms with van der Waals surface area (Å²) in [6.45, 7) is 7.93. The molecule has 0 aromatic heterocycles. The van der Waals surface area contributed by atoms with Crippen LogP contribution in [0.25, 0.3) is 0 Å². The Balaban J connectivity index is 3.11. The highest BCUT2D eigenvalue weighted by molar-refractivity contribution is 5.97. The van der Waals surface area contributed by atoms with Gasteiger partial charge in [-0.05, 0) is 32.9 Å². The smallest absolute Gasteiger partial charge is 0.165 e. The first-order valence-electron chi connectivity index (χ1n) is 5.15. The van der Waals surface area contributed by atoms with E-state index < -0.39 is 0 Å². The van der Waals surface area contributed by atoms with Crippen LogP contribution in [0.5, 0.6) is 0 Å². The minimum absolute atomic E-state index is 0.153. The summed E-state index contributed by atoms with van der Waals surface area (Å²) in [5.41, 5.74) is 1.98. The number of carbonyl (C=O) groups is 1. The van der Waals surface area contributed by atoms with Crippen LogP contribution < -0.4 is 4.90 Å². The van der Waals surface area contributed by atoms with E-state index in [0.717, 1.165) is 24.3 Å². The summed E-state index contributed by atoms with van der Waals surface area (Å²) in [5.74, 6) is 0.153. The summed E-state index contributed by atoms with van der Waals surface area (Å²) in [5, 5.41) is 0. The number of hydrogen-bond donors (Lipinski definition) is 1. The van der Waals surface area contributed by atoms with Gasteiger partial charge in [-0.3, -0.25) is 4.79 Å². The number of hydrogen-bond acceptors (Lipinski definition) is 1. The minimum atomic E-state index is 0.153. The Morgan fingerprint density at radius 3 is 2.29 bits per heavy atom. The second-order valence-corrected chi connectivity index (χ2v) is 3.41. The van der Waals surface area contributed by atoms with Gasteiger partial charge in [0, 0.05) is 0 Å². The molecule has 1 aromatic carbocycles. The standard InChI is InChI=1S/C12H17NO/c1-4-13(5-2)12-9-7-6-8-11(12)10(3)14/h6-9H,4-5H2,1-3H3/p+1. The van der Waals surface area contributed by atoms with E-state index in [1.165, 1.54) is 4.90 Å². The second kappa shape index (κ2) is 4.91. The molecule has 1 aromatic rings. The molecule has 0 heterocycles. The average molecular weight is 192 g/mol. The van der Waals surface area contributed by atoms with Gasteiger partial charge in [-0.2, -0.15) is 0 Å². The molecule has 14 heavy (non-hydrogen) atoms. The Morgan fingerprint density at radius 2 is 1.79 bits per heavy atom. The molecule has 0 amide bonds. The number of carbonyl (C=O) groups excluding carboxylic acids is 1. The first kappa shape index (κ1) is 10.9. The van der Waals surface area contributed by atoms with E-state index in [2.05, 4.69) is 13.8 Å². The van der Waals surface area contributed by atoms with Crippen LogP contribution >= 0.6 is 0 Å². The first-order valence-corrected chi connectivity index (χ1v) is 5.15. The van der Waals surface area contributed by atoms with Gasteiger partial charge in [-0.1, -0.05) is 12.1 Å². The van der Waals surface area contributed by atoms with Gasteiger partial charge >= 0.3 is 0 Å². The maximum atomic E-state index is 11.4. The van der Waals surface area contributed by atoms with Crippen molar-refractivity contribution < 1.29 is 9.69 Å². The first-order chi connectivity index (χ1) is 6.70. The maximum Gasteiger partial charge on any atom is 0.165 e. The van der Waals surface area contributed by atoms with E-state index in [0.29, 0.717) is 0 Å². The highest BCUT2D eigenvalue weighted by Crippen LogP contribution is 2.10. The van der Waals surface area contributed by atoms with Gasteiger partial charge < -0.3 is 4.90 Å². The molecule has 0 aliphatic heterocycles. The number of ketones is 1. The summed E-state index contributed by atoms with van der Waals surface area (Å²) in [6.07, 6.45) is 0. The van der Waals surface area contributed by atoms with Crippen molar-refractivity contribution in [3.63, 3.8) is 0 Å². The van der Waals surface area contributed by atoms with Crippen LogP contribution in [0, 0.1) is 0 Å². The Kier molecular flexibility index (Phi) is 3.84. The van der Waals surface area contributed by atoms with Gasteiger partial charge in [-0.25, -0.2) is 0 Å². The molecule has 1 rings (SSSR count). The predicted octanol–water partition coefficient (Wildman–Crippen LogP) is 1.45. The van der Waals surface area contributed by atoms with E-state index in [1.807, 2.05) is 24.3 Å². The normalized spacial score (nSPS) is 10.6. The van der Waals surface area contributed by atoms with Crippen molar-refractivity contribution in [2.24, 2.45) is 0 Å². The summed E-state index contributed by atoms with van der Waals surface area (Å²) in [7, 11) is 0. The van der Waals surface area contributed by atoms with Crippen molar-refractivity contribution in [3.8, 4) is 0 Å². The molecular weight excluding hydrogens is 174 g/mol. The number of Topliss-reactive ketones (excluding diaryl/α,β-unsaturated/α-hetero) is 1. The zero-order chi connectivity index (χ0) is 10.6. The molecule has 0 aliphatic carbocycles. The molecule has 0 aliphatic rings. The molecule has 0 radical (unpaired) electrons. The summed E-state index contributed by atoms with van der Waals surface area (Å²) in [6, 6.07) is 7.86. The number of para-hydroxylation sites is 1. The van der Waals surface area contributed by atoms with Crippen LogP contribution in [0.15, 0.2) is 24.3 Å². The van der Waals surface area contributed by atoms with Gasteiger partial charge in [0.05, 0.1) is 18.7 Å². The highest BCUT2D eigenvalue weighted by atomic mass is 16.1. The molecule has 2 nitrogen and oxygen atoms in total. The van der Waals surface area contributed by atoms with Crippen LogP contribution in [-0.4, -0.2) is 18.9 Å². The molecule has 0 spiro atoms. The summed E-state index contributed by atoms with van der Waals surface area (Å²) >= 11 is 0. The van der Waals surface area contributed by atoms with Crippen LogP contribution in [0.3, 0.4) is 0 Å². The molecule has 2 heteroatoms. The molecule has 1 N–H and O–H groups in total.